The first kappa shape index (κ1) is 27.0. The molecule has 3 N–H and O–H groups in total. The lowest BCUT2D eigenvalue weighted by atomic mass is 9.93. The summed E-state index contributed by atoms with van der Waals surface area (Å²) in [7, 11) is -2.03. The molecule has 2 aromatic carbocycles. The minimum Gasteiger partial charge on any atom is -0.395 e. The van der Waals surface area contributed by atoms with Gasteiger partial charge in [0.1, 0.15) is 0 Å². The van der Waals surface area contributed by atoms with E-state index in [0.29, 0.717) is 28.0 Å². The van der Waals surface area contributed by atoms with Crippen molar-refractivity contribution >= 4 is 43.9 Å². The molecule has 0 bridgehead atoms. The molecular weight excluding hydrogens is 540 g/mol. The number of anilines is 3. The number of benzene rings is 2. The predicted molar refractivity (Wildman–Crippen MR) is 150 cm³/mol. The van der Waals surface area contributed by atoms with Gasteiger partial charge in [-0.05, 0) is 67.5 Å². The maximum atomic E-state index is 13.7. The van der Waals surface area contributed by atoms with E-state index in [2.05, 4.69) is 14.9 Å². The van der Waals surface area contributed by atoms with Crippen LogP contribution in [0.15, 0.2) is 47.5 Å². The molecule has 40 heavy (non-hydrogen) atoms. The van der Waals surface area contributed by atoms with Crippen LogP contribution in [-0.4, -0.2) is 69.3 Å². The molecule has 3 aromatic rings. The van der Waals surface area contributed by atoms with Crippen LogP contribution in [0.3, 0.4) is 0 Å². The normalized spacial score (nSPS) is 19.6. The Morgan fingerprint density at radius 2 is 1.73 bits per heavy atom. The lowest BCUT2D eigenvalue weighted by molar-refractivity contribution is -0.0261. The van der Waals surface area contributed by atoms with Crippen molar-refractivity contribution in [3.05, 3.63) is 48.2 Å². The first-order chi connectivity index (χ1) is 19.0. The zero-order valence-corrected chi connectivity index (χ0v) is 23.1. The van der Waals surface area contributed by atoms with Crippen molar-refractivity contribution in [2.75, 3.05) is 54.4 Å². The van der Waals surface area contributed by atoms with Crippen LogP contribution in [0.25, 0.3) is 10.9 Å². The lowest BCUT2D eigenvalue weighted by Crippen LogP contribution is -2.56. The number of piperidine rings is 1. The molecule has 12 heteroatoms. The van der Waals surface area contributed by atoms with Crippen LogP contribution in [-0.2, 0) is 17.1 Å². The van der Waals surface area contributed by atoms with E-state index in [1.807, 2.05) is 29.9 Å². The quantitative estimate of drug-likeness (QED) is 0.381. The summed E-state index contributed by atoms with van der Waals surface area (Å²) in [4.78, 5) is 17.4. The highest BCUT2D eigenvalue weighted by Gasteiger charge is 2.45. The van der Waals surface area contributed by atoms with Crippen LogP contribution in [0.2, 0.25) is 0 Å². The average molecular weight is 574 g/mol. The summed E-state index contributed by atoms with van der Waals surface area (Å²) in [5, 5.41) is 12.8. The first-order valence-corrected chi connectivity index (χ1v) is 15.0. The number of nitrogens with one attached hydrogen (secondary N) is 2. The molecular formula is C28H33F2N5O4S. The van der Waals surface area contributed by atoms with Gasteiger partial charge < -0.3 is 24.8 Å². The molecule has 1 aliphatic carbocycles. The van der Waals surface area contributed by atoms with Crippen LogP contribution < -0.4 is 19.8 Å². The van der Waals surface area contributed by atoms with Crippen LogP contribution in [0.4, 0.5) is 25.8 Å². The van der Waals surface area contributed by atoms with E-state index in [9.17, 15) is 22.0 Å². The molecule has 6 rings (SSSR count). The number of carbonyl (C=O) groups is 1. The van der Waals surface area contributed by atoms with Gasteiger partial charge in [-0.15, -0.1) is 0 Å². The molecule has 3 aliphatic rings. The molecule has 1 saturated carbocycles. The van der Waals surface area contributed by atoms with Crippen molar-refractivity contribution in [1.29, 1.82) is 0 Å². The van der Waals surface area contributed by atoms with E-state index in [0.717, 1.165) is 36.8 Å². The fourth-order valence-electron chi connectivity index (χ4n) is 5.91. The Morgan fingerprint density at radius 1 is 1.00 bits per heavy atom. The van der Waals surface area contributed by atoms with E-state index in [1.165, 1.54) is 31.0 Å². The Kier molecular flexibility index (Phi) is 6.54. The second kappa shape index (κ2) is 9.71. The number of rotatable bonds is 8. The predicted octanol–water partition coefficient (Wildman–Crippen LogP) is 3.54. The van der Waals surface area contributed by atoms with E-state index < -0.39 is 21.9 Å². The van der Waals surface area contributed by atoms with Gasteiger partial charge in [-0.1, -0.05) is 0 Å². The molecule has 2 saturated heterocycles. The Morgan fingerprint density at radius 3 is 2.38 bits per heavy atom. The summed E-state index contributed by atoms with van der Waals surface area (Å²) in [5.74, 6) is -3.16. The minimum atomic E-state index is -3.88. The Hall–Kier alpha value is -3.22. The van der Waals surface area contributed by atoms with Gasteiger partial charge in [0.25, 0.3) is 11.8 Å². The Balaban J connectivity index is 1.33. The van der Waals surface area contributed by atoms with Gasteiger partial charge in [0.15, 0.2) is 0 Å². The smallest absolute Gasteiger partial charge is 0.282 e. The van der Waals surface area contributed by atoms with E-state index in [1.54, 1.807) is 11.0 Å². The van der Waals surface area contributed by atoms with Crippen molar-refractivity contribution < 1.29 is 27.1 Å². The summed E-state index contributed by atoms with van der Waals surface area (Å²) in [5.41, 5.74) is 3.15. The number of hydrogen-bond acceptors (Lipinski definition) is 6. The van der Waals surface area contributed by atoms with Gasteiger partial charge >= 0.3 is 0 Å². The number of fused-ring (bicyclic) bond motifs is 1. The highest BCUT2D eigenvalue weighted by Crippen LogP contribution is 2.54. The van der Waals surface area contributed by atoms with Gasteiger partial charge in [0.2, 0.25) is 10.0 Å². The maximum Gasteiger partial charge on any atom is 0.282 e. The Labute approximate surface area is 231 Å². The van der Waals surface area contributed by atoms with Gasteiger partial charge in [-0.3, -0.25) is 4.79 Å². The van der Waals surface area contributed by atoms with Crippen molar-refractivity contribution in [2.24, 2.45) is 12.5 Å². The summed E-state index contributed by atoms with van der Waals surface area (Å²) in [6.45, 7) is 0.230. The van der Waals surface area contributed by atoms with Crippen LogP contribution in [0.1, 0.15) is 36.0 Å². The highest BCUT2D eigenvalue weighted by atomic mass is 32.2. The van der Waals surface area contributed by atoms with Crippen molar-refractivity contribution in [1.82, 2.24) is 9.29 Å². The summed E-state index contributed by atoms with van der Waals surface area (Å²) in [6, 6.07) is 9.82. The Bertz CT molecular complexity index is 1570. The third kappa shape index (κ3) is 5.04. The molecule has 1 amide bonds. The molecule has 9 nitrogen and oxygen atoms in total. The largest absolute Gasteiger partial charge is 0.395 e. The van der Waals surface area contributed by atoms with E-state index in [4.69, 9.17) is 5.11 Å². The van der Waals surface area contributed by atoms with E-state index in [-0.39, 0.29) is 31.1 Å². The van der Waals surface area contributed by atoms with Gasteiger partial charge in [-0.2, -0.15) is 0 Å². The standard InChI is InChI=1S/C28H33F2N5O4S/c1-33-10-4-19-14-20(15-24(25(19)33)35-17-28(29,30)18-35)32-26(37)22-3-2-21(40(38,39)31-9-13-36)16-23(22)34-11-7-27(5-6-27)8-12-34/h2-4,10,14-16,31,36H,5-9,11-13,17-18H2,1H3,(H,32,37). The topological polar surface area (TPSA) is 107 Å². The average Bonchev–Trinajstić information content (AvgIpc) is 3.56. The summed E-state index contributed by atoms with van der Waals surface area (Å²) < 4.78 is 57.3. The number of carbonyl (C=O) groups excluding carboxylic acids is 1. The number of sulfonamides is 1. The number of alkyl halides is 2. The summed E-state index contributed by atoms with van der Waals surface area (Å²) >= 11 is 0. The maximum absolute atomic E-state index is 13.7. The third-order valence-corrected chi connectivity index (χ3v) is 9.90. The number of aromatic nitrogens is 1. The lowest BCUT2D eigenvalue weighted by Gasteiger charge is -2.41. The van der Waals surface area contributed by atoms with Gasteiger partial charge in [0.05, 0.1) is 47.0 Å². The number of aliphatic hydroxyl groups is 1. The van der Waals surface area contributed by atoms with Gasteiger partial charge in [-0.25, -0.2) is 21.9 Å². The number of halogens is 2. The molecule has 1 aromatic heterocycles. The molecule has 0 unspecified atom stereocenters. The second-order valence-corrected chi connectivity index (χ2v) is 13.1. The SMILES string of the molecule is Cn1ccc2cc(NC(=O)c3ccc(S(=O)(=O)NCCO)cc3N3CCC4(CC3)CC4)cc(N3CC(F)(F)C3)c21. The van der Waals surface area contributed by atoms with Crippen LogP contribution in [0, 0.1) is 5.41 Å². The first-order valence-electron chi connectivity index (χ1n) is 13.5. The highest BCUT2D eigenvalue weighted by molar-refractivity contribution is 7.89. The minimum absolute atomic E-state index is 0.0194. The van der Waals surface area contributed by atoms with E-state index >= 15 is 0 Å². The fraction of sp³-hybridized carbons (Fsp3) is 0.464. The zero-order chi connectivity index (χ0) is 28.3. The second-order valence-electron chi connectivity index (χ2n) is 11.3. The number of aliphatic hydroxyl groups excluding tert-OH is 1. The van der Waals surface area contributed by atoms with Gasteiger partial charge in [0, 0.05) is 44.0 Å². The number of amides is 1. The monoisotopic (exact) mass is 573 g/mol. The molecule has 214 valence electrons. The molecule has 2 aliphatic heterocycles. The fourth-order valence-corrected chi connectivity index (χ4v) is 6.95. The number of nitrogens with zero attached hydrogens (tertiary/aromatic N) is 3. The van der Waals surface area contributed by atoms with Crippen molar-refractivity contribution in [3.8, 4) is 0 Å². The third-order valence-electron chi connectivity index (χ3n) is 8.44. The molecule has 0 radical (unpaired) electrons. The summed E-state index contributed by atoms with van der Waals surface area (Å²) in [6.07, 6.45) is 6.25. The number of aryl methyl sites for hydroxylation is 1. The van der Waals surface area contributed by atoms with Crippen LogP contribution >= 0.6 is 0 Å². The molecule has 0 atom stereocenters. The van der Waals surface area contributed by atoms with Crippen LogP contribution in [0.5, 0.6) is 0 Å². The molecule has 3 fully saturated rings. The molecule has 1 spiro atoms. The van der Waals surface area contributed by atoms with Crippen molar-refractivity contribution in [3.63, 3.8) is 0 Å². The number of hydrogen-bond donors (Lipinski definition) is 3. The molecule has 3 heterocycles. The zero-order valence-electron chi connectivity index (χ0n) is 22.3. The van der Waals surface area contributed by atoms with Crippen molar-refractivity contribution in [2.45, 2.75) is 36.5 Å².